The molecule has 1 aliphatic carbocycles. The zero-order valence-corrected chi connectivity index (χ0v) is 14.4. The molecule has 0 aliphatic heterocycles. The van der Waals surface area contributed by atoms with Crippen molar-refractivity contribution in [3.05, 3.63) is 29.3 Å². The van der Waals surface area contributed by atoms with Crippen LogP contribution in [0.2, 0.25) is 5.02 Å². The van der Waals surface area contributed by atoms with Gasteiger partial charge in [0.15, 0.2) is 0 Å². The normalized spacial score (nSPS) is 20.4. The molecule has 0 radical (unpaired) electrons. The smallest absolute Gasteiger partial charge is 0.220 e. The van der Waals surface area contributed by atoms with Crippen molar-refractivity contribution >= 4 is 29.3 Å². The Balaban J connectivity index is 1.60. The van der Waals surface area contributed by atoms with Gasteiger partial charge in [0.1, 0.15) is 0 Å². The number of carbonyl (C=O) groups is 1. The first kappa shape index (κ1) is 16.7. The Kier molecular flexibility index (Phi) is 6.00. The molecule has 1 aromatic rings. The third-order valence-electron chi connectivity index (χ3n) is 3.96. The molecule has 1 saturated carbocycles. The van der Waals surface area contributed by atoms with E-state index in [0.29, 0.717) is 17.9 Å². The zero-order valence-electron chi connectivity index (χ0n) is 12.8. The summed E-state index contributed by atoms with van der Waals surface area (Å²) in [6.45, 7) is 4.56. The Morgan fingerprint density at radius 3 is 2.71 bits per heavy atom. The molecular weight excluding hydrogens is 302 g/mol. The maximum Gasteiger partial charge on any atom is 0.220 e. The summed E-state index contributed by atoms with van der Waals surface area (Å²) in [5, 5.41) is 3.94. The first-order valence-electron chi connectivity index (χ1n) is 7.62. The van der Waals surface area contributed by atoms with Crippen molar-refractivity contribution < 1.29 is 4.79 Å². The van der Waals surface area contributed by atoms with Crippen LogP contribution in [-0.4, -0.2) is 17.7 Å². The second kappa shape index (κ2) is 7.55. The van der Waals surface area contributed by atoms with E-state index >= 15 is 0 Å². The van der Waals surface area contributed by atoms with Crippen LogP contribution >= 0.6 is 23.4 Å². The van der Waals surface area contributed by atoms with Gasteiger partial charge in [-0.15, -0.1) is 11.8 Å². The van der Waals surface area contributed by atoms with Gasteiger partial charge >= 0.3 is 0 Å². The van der Waals surface area contributed by atoms with Gasteiger partial charge in [-0.3, -0.25) is 4.79 Å². The number of rotatable bonds is 6. The Bertz CT molecular complexity index is 472. The van der Waals surface area contributed by atoms with Crippen molar-refractivity contribution in [2.75, 3.05) is 5.75 Å². The minimum absolute atomic E-state index is 0.203. The van der Waals surface area contributed by atoms with Gasteiger partial charge in [-0.2, -0.15) is 0 Å². The van der Waals surface area contributed by atoms with Gasteiger partial charge in [0.2, 0.25) is 5.91 Å². The van der Waals surface area contributed by atoms with Crippen LogP contribution < -0.4 is 5.32 Å². The molecule has 116 valence electrons. The Labute approximate surface area is 137 Å². The molecule has 1 atom stereocenters. The second-order valence-electron chi connectivity index (χ2n) is 6.58. The van der Waals surface area contributed by atoms with Crippen LogP contribution in [-0.2, 0) is 4.79 Å². The lowest BCUT2D eigenvalue weighted by molar-refractivity contribution is -0.121. The number of hydrogen-bond donors (Lipinski definition) is 1. The lowest BCUT2D eigenvalue weighted by atomic mass is 9.92. The molecule has 2 nitrogen and oxygen atoms in total. The van der Waals surface area contributed by atoms with Crippen molar-refractivity contribution in [3.8, 4) is 0 Å². The monoisotopic (exact) mass is 325 g/mol. The van der Waals surface area contributed by atoms with Crippen molar-refractivity contribution in [3.63, 3.8) is 0 Å². The molecule has 1 amide bonds. The van der Waals surface area contributed by atoms with Crippen LogP contribution in [0.1, 0.15) is 46.0 Å². The van der Waals surface area contributed by atoms with Gasteiger partial charge in [0.25, 0.3) is 0 Å². The van der Waals surface area contributed by atoms with Gasteiger partial charge in [0, 0.05) is 22.4 Å². The number of carbonyl (C=O) groups excluding carboxylic acids is 1. The standard InChI is InChI=1S/C17H24ClNOS/c1-17(2)10-9-14(12-17)19-16(20)4-3-11-21-15-7-5-13(18)6-8-15/h5-8,14H,3-4,9-12H2,1-2H3,(H,19,20). The molecule has 4 heteroatoms. The van der Waals surface area contributed by atoms with Crippen molar-refractivity contribution in [2.24, 2.45) is 5.41 Å². The maximum absolute atomic E-state index is 11.9. The molecule has 0 aromatic heterocycles. The van der Waals surface area contributed by atoms with E-state index in [-0.39, 0.29) is 5.91 Å². The summed E-state index contributed by atoms with van der Waals surface area (Å²) in [6.07, 6.45) is 4.98. The van der Waals surface area contributed by atoms with E-state index in [9.17, 15) is 4.79 Å². The third-order valence-corrected chi connectivity index (χ3v) is 5.31. The number of thioether (sulfide) groups is 1. The average Bonchev–Trinajstić information content (AvgIpc) is 2.76. The van der Waals surface area contributed by atoms with Crippen molar-refractivity contribution in [1.82, 2.24) is 5.32 Å². The van der Waals surface area contributed by atoms with Gasteiger partial charge in [0.05, 0.1) is 0 Å². The lowest BCUT2D eigenvalue weighted by Crippen LogP contribution is -2.33. The number of nitrogens with one attached hydrogen (secondary N) is 1. The predicted molar refractivity (Wildman–Crippen MR) is 91.0 cm³/mol. The fourth-order valence-corrected chi connectivity index (χ4v) is 3.79. The third kappa shape index (κ3) is 5.91. The summed E-state index contributed by atoms with van der Waals surface area (Å²) >= 11 is 7.63. The van der Waals surface area contributed by atoms with E-state index in [1.54, 1.807) is 11.8 Å². The molecule has 21 heavy (non-hydrogen) atoms. The lowest BCUT2D eigenvalue weighted by Gasteiger charge is -2.17. The second-order valence-corrected chi connectivity index (χ2v) is 8.18. The topological polar surface area (TPSA) is 29.1 Å². The largest absolute Gasteiger partial charge is 0.353 e. The summed E-state index contributed by atoms with van der Waals surface area (Å²) in [4.78, 5) is 13.1. The van der Waals surface area contributed by atoms with E-state index < -0.39 is 0 Å². The SMILES string of the molecule is CC1(C)CCC(NC(=O)CCCSc2ccc(Cl)cc2)C1. The Morgan fingerprint density at radius 1 is 1.38 bits per heavy atom. The number of benzene rings is 1. The van der Waals surface area contributed by atoms with Crippen LogP contribution in [0, 0.1) is 5.41 Å². The molecule has 0 spiro atoms. The quantitative estimate of drug-likeness (QED) is 0.595. The molecule has 0 heterocycles. The molecule has 1 fully saturated rings. The van der Waals surface area contributed by atoms with Crippen LogP contribution in [0.25, 0.3) is 0 Å². The molecule has 0 bridgehead atoms. The Hall–Kier alpha value is -0.670. The molecule has 2 rings (SSSR count). The predicted octanol–water partition coefficient (Wildman–Crippen LogP) is 4.91. The summed E-state index contributed by atoms with van der Waals surface area (Å²) in [5.74, 6) is 1.17. The van der Waals surface area contributed by atoms with Crippen molar-refractivity contribution in [2.45, 2.75) is 56.9 Å². The maximum atomic E-state index is 11.9. The molecular formula is C17H24ClNOS. The molecule has 0 saturated heterocycles. The Morgan fingerprint density at radius 2 is 2.10 bits per heavy atom. The molecule has 1 aliphatic rings. The van der Waals surface area contributed by atoms with E-state index in [0.717, 1.165) is 30.0 Å². The highest BCUT2D eigenvalue weighted by Gasteiger charge is 2.31. The number of amides is 1. The van der Waals surface area contributed by atoms with E-state index in [2.05, 4.69) is 19.2 Å². The van der Waals surface area contributed by atoms with Crippen LogP contribution in [0.5, 0.6) is 0 Å². The molecule has 1 unspecified atom stereocenters. The zero-order chi connectivity index (χ0) is 15.3. The minimum Gasteiger partial charge on any atom is -0.353 e. The molecule has 1 aromatic carbocycles. The summed E-state index contributed by atoms with van der Waals surface area (Å²) in [7, 11) is 0. The summed E-state index contributed by atoms with van der Waals surface area (Å²) in [5.41, 5.74) is 0.391. The van der Waals surface area contributed by atoms with E-state index in [1.807, 2.05) is 24.3 Å². The van der Waals surface area contributed by atoms with Gasteiger partial charge in [-0.05, 0) is 61.1 Å². The minimum atomic E-state index is 0.203. The van der Waals surface area contributed by atoms with Crippen LogP contribution in [0.4, 0.5) is 0 Å². The van der Waals surface area contributed by atoms with Gasteiger partial charge < -0.3 is 5.32 Å². The first-order valence-corrected chi connectivity index (χ1v) is 8.99. The number of hydrogen-bond acceptors (Lipinski definition) is 2. The fraction of sp³-hybridized carbons (Fsp3) is 0.588. The fourth-order valence-electron chi connectivity index (χ4n) is 2.81. The summed E-state index contributed by atoms with van der Waals surface area (Å²) < 4.78 is 0. The van der Waals surface area contributed by atoms with E-state index in [4.69, 9.17) is 11.6 Å². The highest BCUT2D eigenvalue weighted by Crippen LogP contribution is 2.36. The van der Waals surface area contributed by atoms with Gasteiger partial charge in [-0.25, -0.2) is 0 Å². The average molecular weight is 326 g/mol. The van der Waals surface area contributed by atoms with Crippen LogP contribution in [0.15, 0.2) is 29.2 Å². The van der Waals surface area contributed by atoms with Crippen molar-refractivity contribution in [1.29, 1.82) is 0 Å². The summed E-state index contributed by atoms with van der Waals surface area (Å²) in [6, 6.07) is 8.23. The molecule has 1 N–H and O–H groups in total. The van der Waals surface area contributed by atoms with E-state index in [1.165, 1.54) is 11.3 Å². The van der Waals surface area contributed by atoms with Gasteiger partial charge in [-0.1, -0.05) is 25.4 Å². The van der Waals surface area contributed by atoms with Crippen LogP contribution in [0.3, 0.4) is 0 Å². The highest BCUT2D eigenvalue weighted by molar-refractivity contribution is 7.99. The highest BCUT2D eigenvalue weighted by atomic mass is 35.5. The number of halogens is 1. The first-order chi connectivity index (χ1) is 9.94.